The lowest BCUT2D eigenvalue weighted by atomic mass is 9.92. The number of hydrogen-bond acceptors (Lipinski definition) is 3. The van der Waals surface area contributed by atoms with Crippen molar-refractivity contribution in [2.45, 2.75) is 45.7 Å². The number of carbonyl (C=O) groups is 1. The van der Waals surface area contributed by atoms with Crippen LogP contribution in [0.3, 0.4) is 0 Å². The predicted molar refractivity (Wildman–Crippen MR) is 71.0 cm³/mol. The Morgan fingerprint density at radius 3 is 2.82 bits per heavy atom. The minimum absolute atomic E-state index is 0.204. The van der Waals surface area contributed by atoms with Crippen molar-refractivity contribution in [2.75, 3.05) is 26.7 Å². The highest BCUT2D eigenvalue weighted by Crippen LogP contribution is 2.15. The molecule has 100 valence electrons. The number of hydrogen-bond donors (Lipinski definition) is 2. The summed E-state index contributed by atoms with van der Waals surface area (Å²) in [6.07, 6.45) is 1.93. The quantitative estimate of drug-likeness (QED) is 0.749. The van der Waals surface area contributed by atoms with Crippen LogP contribution >= 0.6 is 0 Å². The summed E-state index contributed by atoms with van der Waals surface area (Å²) in [4.78, 5) is 14.2. The number of amides is 1. The van der Waals surface area contributed by atoms with Gasteiger partial charge in [-0.1, -0.05) is 0 Å². The molecule has 0 bridgehead atoms. The minimum atomic E-state index is 0.204. The second-order valence-corrected chi connectivity index (χ2v) is 5.44. The molecule has 1 rings (SSSR count). The second kappa shape index (κ2) is 6.97. The van der Waals surface area contributed by atoms with Crippen LogP contribution in [0.25, 0.3) is 0 Å². The number of carbonyl (C=O) groups excluding carboxylic acids is 1. The maximum Gasteiger partial charge on any atom is 0.223 e. The Bertz CT molecular complexity index is 243. The summed E-state index contributed by atoms with van der Waals surface area (Å²) in [5, 5.41) is 6.42. The minimum Gasteiger partial charge on any atom is -0.355 e. The summed E-state index contributed by atoms with van der Waals surface area (Å²) in [6, 6.07) is 1.00. The molecule has 2 atom stereocenters. The van der Waals surface area contributed by atoms with Gasteiger partial charge in [-0.15, -0.1) is 0 Å². The molecule has 0 aromatic heterocycles. The first kappa shape index (κ1) is 14.5. The van der Waals surface area contributed by atoms with Crippen molar-refractivity contribution in [2.24, 2.45) is 5.92 Å². The molecular weight excluding hydrogens is 214 g/mol. The molecule has 0 unspecified atom stereocenters. The standard InChI is InChI=1S/C13H27N3O/c1-10(2)16(4)8-7-15-13(17)12-5-6-14-11(3)9-12/h10-12,14H,5-9H2,1-4H3,(H,15,17)/t11-,12-/m0/s1. The molecule has 17 heavy (non-hydrogen) atoms. The van der Waals surface area contributed by atoms with E-state index in [1.807, 2.05) is 0 Å². The summed E-state index contributed by atoms with van der Waals surface area (Å²) >= 11 is 0. The second-order valence-electron chi connectivity index (χ2n) is 5.44. The van der Waals surface area contributed by atoms with Gasteiger partial charge < -0.3 is 15.5 Å². The third-order valence-corrected chi connectivity index (χ3v) is 3.64. The van der Waals surface area contributed by atoms with E-state index in [9.17, 15) is 4.79 Å². The van der Waals surface area contributed by atoms with E-state index in [-0.39, 0.29) is 11.8 Å². The highest BCUT2D eigenvalue weighted by Gasteiger charge is 2.24. The Morgan fingerprint density at radius 2 is 2.24 bits per heavy atom. The Balaban J connectivity index is 2.20. The van der Waals surface area contributed by atoms with Gasteiger partial charge in [0.05, 0.1) is 0 Å². The smallest absolute Gasteiger partial charge is 0.223 e. The first-order valence-electron chi connectivity index (χ1n) is 6.72. The molecule has 0 spiro atoms. The molecule has 1 amide bonds. The molecule has 1 aliphatic heterocycles. The highest BCUT2D eigenvalue weighted by atomic mass is 16.1. The zero-order valence-electron chi connectivity index (χ0n) is 11.6. The van der Waals surface area contributed by atoms with Crippen LogP contribution in [0.1, 0.15) is 33.6 Å². The van der Waals surface area contributed by atoms with E-state index in [4.69, 9.17) is 0 Å². The van der Waals surface area contributed by atoms with Gasteiger partial charge in [0.1, 0.15) is 0 Å². The third kappa shape index (κ3) is 5.04. The number of rotatable bonds is 5. The average Bonchev–Trinajstić information content (AvgIpc) is 2.28. The normalized spacial score (nSPS) is 25.3. The molecule has 0 saturated carbocycles. The zero-order chi connectivity index (χ0) is 12.8. The molecule has 1 heterocycles. The molecule has 0 aromatic carbocycles. The number of likely N-dealkylation sites (N-methyl/N-ethyl adjacent to an activating group) is 1. The van der Waals surface area contributed by atoms with Crippen LogP contribution in [0.5, 0.6) is 0 Å². The van der Waals surface area contributed by atoms with E-state index in [1.54, 1.807) is 0 Å². The summed E-state index contributed by atoms with van der Waals surface area (Å²) < 4.78 is 0. The van der Waals surface area contributed by atoms with E-state index in [1.165, 1.54) is 0 Å². The lowest BCUT2D eigenvalue weighted by Crippen LogP contribution is -2.44. The van der Waals surface area contributed by atoms with Crippen LogP contribution in [0, 0.1) is 5.92 Å². The maximum atomic E-state index is 11.9. The van der Waals surface area contributed by atoms with Crippen LogP contribution < -0.4 is 10.6 Å². The lowest BCUT2D eigenvalue weighted by molar-refractivity contribution is -0.126. The van der Waals surface area contributed by atoms with Crippen molar-refractivity contribution < 1.29 is 4.79 Å². The van der Waals surface area contributed by atoms with Crippen LogP contribution in [0.2, 0.25) is 0 Å². The van der Waals surface area contributed by atoms with Crippen molar-refractivity contribution in [3.8, 4) is 0 Å². The van der Waals surface area contributed by atoms with Gasteiger partial charge in [0.2, 0.25) is 5.91 Å². The first-order chi connectivity index (χ1) is 8.00. The Hall–Kier alpha value is -0.610. The molecule has 0 aromatic rings. The summed E-state index contributed by atoms with van der Waals surface area (Å²) in [5.74, 6) is 0.436. The van der Waals surface area contributed by atoms with E-state index < -0.39 is 0 Å². The van der Waals surface area contributed by atoms with Crippen LogP contribution in [-0.2, 0) is 4.79 Å². The SMILES string of the molecule is CC(C)N(C)CCNC(=O)[C@H]1CCN[C@@H](C)C1. The lowest BCUT2D eigenvalue weighted by Gasteiger charge is -2.27. The Labute approximate surface area is 105 Å². The molecule has 4 heteroatoms. The molecule has 1 aliphatic rings. The van der Waals surface area contributed by atoms with E-state index in [0.29, 0.717) is 12.1 Å². The van der Waals surface area contributed by atoms with Gasteiger partial charge in [-0.25, -0.2) is 0 Å². The number of nitrogens with zero attached hydrogens (tertiary/aromatic N) is 1. The van der Waals surface area contributed by atoms with Crippen LogP contribution in [-0.4, -0.2) is 49.6 Å². The maximum absolute atomic E-state index is 11.9. The topological polar surface area (TPSA) is 44.4 Å². The highest BCUT2D eigenvalue weighted by molar-refractivity contribution is 5.78. The van der Waals surface area contributed by atoms with Crippen molar-refractivity contribution in [1.29, 1.82) is 0 Å². The fourth-order valence-corrected chi connectivity index (χ4v) is 2.13. The van der Waals surface area contributed by atoms with Gasteiger partial charge in [-0.3, -0.25) is 4.79 Å². The zero-order valence-corrected chi connectivity index (χ0v) is 11.6. The molecule has 0 aliphatic carbocycles. The fourth-order valence-electron chi connectivity index (χ4n) is 2.13. The van der Waals surface area contributed by atoms with E-state index in [0.717, 1.165) is 32.5 Å². The van der Waals surface area contributed by atoms with Gasteiger partial charge in [0, 0.05) is 31.1 Å². The molecule has 0 radical (unpaired) electrons. The van der Waals surface area contributed by atoms with Gasteiger partial charge in [-0.05, 0) is 47.2 Å². The summed E-state index contributed by atoms with van der Waals surface area (Å²) in [7, 11) is 2.09. The number of piperidine rings is 1. The fraction of sp³-hybridized carbons (Fsp3) is 0.923. The molecule has 2 N–H and O–H groups in total. The summed E-state index contributed by atoms with van der Waals surface area (Å²) in [6.45, 7) is 9.11. The van der Waals surface area contributed by atoms with Crippen molar-refractivity contribution in [1.82, 2.24) is 15.5 Å². The largest absolute Gasteiger partial charge is 0.355 e. The van der Waals surface area contributed by atoms with Gasteiger partial charge in [0.25, 0.3) is 0 Å². The van der Waals surface area contributed by atoms with Crippen LogP contribution in [0.4, 0.5) is 0 Å². The van der Waals surface area contributed by atoms with E-state index >= 15 is 0 Å². The average molecular weight is 241 g/mol. The third-order valence-electron chi connectivity index (χ3n) is 3.64. The molecule has 4 nitrogen and oxygen atoms in total. The molecule has 1 fully saturated rings. The number of nitrogens with one attached hydrogen (secondary N) is 2. The van der Waals surface area contributed by atoms with Crippen LogP contribution in [0.15, 0.2) is 0 Å². The Morgan fingerprint density at radius 1 is 1.53 bits per heavy atom. The van der Waals surface area contributed by atoms with Gasteiger partial charge in [-0.2, -0.15) is 0 Å². The van der Waals surface area contributed by atoms with Gasteiger partial charge in [0.15, 0.2) is 0 Å². The van der Waals surface area contributed by atoms with E-state index in [2.05, 4.69) is 43.4 Å². The van der Waals surface area contributed by atoms with Crippen molar-refractivity contribution >= 4 is 5.91 Å². The monoisotopic (exact) mass is 241 g/mol. The summed E-state index contributed by atoms with van der Waals surface area (Å²) in [5.41, 5.74) is 0. The van der Waals surface area contributed by atoms with Gasteiger partial charge >= 0.3 is 0 Å². The predicted octanol–water partition coefficient (Wildman–Crippen LogP) is 0.831. The van der Waals surface area contributed by atoms with Crippen molar-refractivity contribution in [3.05, 3.63) is 0 Å². The van der Waals surface area contributed by atoms with Crippen molar-refractivity contribution in [3.63, 3.8) is 0 Å². The Kier molecular flexibility index (Phi) is 5.92. The first-order valence-corrected chi connectivity index (χ1v) is 6.72. The molecule has 1 saturated heterocycles. The molecular formula is C13H27N3O.